The average molecular weight is 399 g/mol. The molecule has 2 aromatic heterocycles. The minimum atomic E-state index is -0.522. The molecule has 6 nitrogen and oxygen atoms in total. The zero-order valence-corrected chi connectivity index (χ0v) is 15.7. The van der Waals surface area contributed by atoms with Crippen molar-refractivity contribution in [3.05, 3.63) is 71.1 Å². The van der Waals surface area contributed by atoms with Crippen LogP contribution < -0.4 is 5.32 Å². The van der Waals surface area contributed by atoms with E-state index in [0.29, 0.717) is 18.7 Å². The largest absolute Gasteiger partial charge is 0.455 e. The molecule has 0 saturated heterocycles. The number of carbonyl (C=O) groups is 2. The molecular weight excluding hydrogens is 381 g/mol. The number of thiazole rings is 1. The maximum Gasteiger partial charge on any atom is 0.312 e. The first-order chi connectivity index (χ1) is 13.6. The Morgan fingerprint density at radius 1 is 1.14 bits per heavy atom. The molecule has 8 heteroatoms. The third-order valence-corrected chi connectivity index (χ3v) is 4.69. The first-order valence-corrected chi connectivity index (χ1v) is 9.51. The highest BCUT2D eigenvalue weighted by Crippen LogP contribution is 2.21. The maximum absolute atomic E-state index is 12.8. The molecule has 0 aliphatic heterocycles. The molecule has 0 aliphatic rings. The van der Waals surface area contributed by atoms with E-state index in [1.807, 2.05) is 18.2 Å². The molecule has 0 atom stereocenters. The Hall–Kier alpha value is -3.13. The van der Waals surface area contributed by atoms with Gasteiger partial charge in [0.05, 0.1) is 17.8 Å². The predicted octanol–water partition coefficient (Wildman–Crippen LogP) is 2.79. The van der Waals surface area contributed by atoms with Crippen LogP contribution in [0.3, 0.4) is 0 Å². The summed E-state index contributed by atoms with van der Waals surface area (Å²) in [4.78, 5) is 32.2. The van der Waals surface area contributed by atoms with E-state index in [1.54, 1.807) is 23.7 Å². The third kappa shape index (κ3) is 5.95. The van der Waals surface area contributed by atoms with Crippen LogP contribution in [0, 0.1) is 5.82 Å². The second-order valence-electron chi connectivity index (χ2n) is 5.92. The van der Waals surface area contributed by atoms with Gasteiger partial charge in [0.1, 0.15) is 10.8 Å². The summed E-state index contributed by atoms with van der Waals surface area (Å²) in [5.41, 5.74) is 2.23. The van der Waals surface area contributed by atoms with Crippen LogP contribution in [0.2, 0.25) is 0 Å². The van der Waals surface area contributed by atoms with Crippen molar-refractivity contribution in [2.24, 2.45) is 0 Å². The van der Waals surface area contributed by atoms with Crippen molar-refractivity contribution in [1.29, 1.82) is 0 Å². The van der Waals surface area contributed by atoms with E-state index in [1.165, 1.54) is 23.5 Å². The van der Waals surface area contributed by atoms with Crippen LogP contribution in [-0.4, -0.2) is 35.0 Å². The highest BCUT2D eigenvalue weighted by Gasteiger charge is 2.12. The molecule has 2 heterocycles. The van der Waals surface area contributed by atoms with Crippen LogP contribution in [0.1, 0.15) is 11.3 Å². The van der Waals surface area contributed by atoms with Gasteiger partial charge in [-0.05, 0) is 36.2 Å². The number of esters is 1. The Morgan fingerprint density at radius 3 is 2.71 bits per heavy atom. The number of ether oxygens (including phenoxy) is 1. The van der Waals surface area contributed by atoms with Gasteiger partial charge in [-0.15, -0.1) is 11.3 Å². The van der Waals surface area contributed by atoms with Gasteiger partial charge in [-0.1, -0.05) is 18.2 Å². The SMILES string of the molecule is O=C(COC(=O)Cc1csc(-c2ccccn2)n1)NCCc1ccc(F)cc1. The molecule has 0 spiro atoms. The molecule has 28 heavy (non-hydrogen) atoms. The van der Waals surface area contributed by atoms with Gasteiger partial charge in [0, 0.05) is 18.1 Å². The number of benzene rings is 1. The summed E-state index contributed by atoms with van der Waals surface area (Å²) in [5, 5.41) is 5.15. The Balaban J connectivity index is 1.37. The van der Waals surface area contributed by atoms with Crippen LogP contribution in [0.25, 0.3) is 10.7 Å². The van der Waals surface area contributed by atoms with E-state index in [9.17, 15) is 14.0 Å². The summed E-state index contributed by atoms with van der Waals surface area (Å²) in [6.07, 6.45) is 2.24. The zero-order chi connectivity index (χ0) is 19.8. The van der Waals surface area contributed by atoms with Crippen LogP contribution in [0.4, 0.5) is 4.39 Å². The number of hydrogen-bond donors (Lipinski definition) is 1. The second kappa shape index (κ2) is 9.70. The fourth-order valence-corrected chi connectivity index (χ4v) is 3.18. The molecule has 144 valence electrons. The number of amides is 1. The number of nitrogens with one attached hydrogen (secondary N) is 1. The molecular formula is C20H18FN3O3S. The molecule has 0 unspecified atom stereocenters. The number of hydrogen-bond acceptors (Lipinski definition) is 6. The lowest BCUT2D eigenvalue weighted by Gasteiger charge is -2.06. The highest BCUT2D eigenvalue weighted by atomic mass is 32.1. The fraction of sp³-hybridized carbons (Fsp3) is 0.200. The van der Waals surface area contributed by atoms with Gasteiger partial charge >= 0.3 is 5.97 Å². The Labute approximate surface area is 165 Å². The molecule has 0 saturated carbocycles. The van der Waals surface area contributed by atoms with E-state index < -0.39 is 5.97 Å². The molecule has 1 aromatic carbocycles. The summed E-state index contributed by atoms with van der Waals surface area (Å²) in [6, 6.07) is 11.6. The van der Waals surface area contributed by atoms with Crippen molar-refractivity contribution < 1.29 is 18.7 Å². The Morgan fingerprint density at radius 2 is 1.96 bits per heavy atom. The van der Waals surface area contributed by atoms with Crippen molar-refractivity contribution in [2.75, 3.05) is 13.2 Å². The second-order valence-corrected chi connectivity index (χ2v) is 6.78. The molecule has 0 radical (unpaired) electrons. The lowest BCUT2D eigenvalue weighted by Crippen LogP contribution is -2.30. The fourth-order valence-electron chi connectivity index (χ4n) is 2.39. The summed E-state index contributed by atoms with van der Waals surface area (Å²) in [5.74, 6) is -1.21. The number of rotatable bonds is 8. The third-order valence-electron chi connectivity index (χ3n) is 3.77. The molecule has 0 aliphatic carbocycles. The Kier molecular flexibility index (Phi) is 6.80. The molecule has 1 amide bonds. The molecule has 0 bridgehead atoms. The monoisotopic (exact) mass is 399 g/mol. The number of nitrogens with zero attached hydrogens (tertiary/aromatic N) is 2. The summed E-state index contributed by atoms with van der Waals surface area (Å²) < 4.78 is 17.8. The lowest BCUT2D eigenvalue weighted by atomic mass is 10.1. The molecule has 3 rings (SSSR count). The van der Waals surface area contributed by atoms with Crippen LogP contribution in [0.15, 0.2) is 54.0 Å². The van der Waals surface area contributed by atoms with E-state index >= 15 is 0 Å². The van der Waals surface area contributed by atoms with Crippen molar-refractivity contribution >= 4 is 23.2 Å². The van der Waals surface area contributed by atoms with Crippen molar-refractivity contribution in [2.45, 2.75) is 12.8 Å². The van der Waals surface area contributed by atoms with Crippen LogP contribution in [-0.2, 0) is 27.2 Å². The Bertz CT molecular complexity index is 929. The minimum absolute atomic E-state index is 0.00775. The summed E-state index contributed by atoms with van der Waals surface area (Å²) in [6.45, 7) is 0.0288. The summed E-state index contributed by atoms with van der Waals surface area (Å²) in [7, 11) is 0. The smallest absolute Gasteiger partial charge is 0.312 e. The number of pyridine rings is 1. The van der Waals surface area contributed by atoms with E-state index in [2.05, 4.69) is 15.3 Å². The number of halogens is 1. The van der Waals surface area contributed by atoms with Gasteiger partial charge < -0.3 is 10.1 Å². The zero-order valence-electron chi connectivity index (χ0n) is 14.9. The quantitative estimate of drug-likeness (QED) is 0.589. The minimum Gasteiger partial charge on any atom is -0.455 e. The van der Waals surface area contributed by atoms with Gasteiger partial charge in [0.15, 0.2) is 6.61 Å². The van der Waals surface area contributed by atoms with E-state index in [4.69, 9.17) is 4.74 Å². The highest BCUT2D eigenvalue weighted by molar-refractivity contribution is 7.13. The van der Waals surface area contributed by atoms with Gasteiger partial charge in [0.25, 0.3) is 5.91 Å². The van der Waals surface area contributed by atoms with Crippen molar-refractivity contribution in [1.82, 2.24) is 15.3 Å². The maximum atomic E-state index is 12.8. The number of carbonyl (C=O) groups excluding carboxylic acids is 2. The molecule has 3 aromatic rings. The predicted molar refractivity (Wildman–Crippen MR) is 103 cm³/mol. The van der Waals surface area contributed by atoms with Crippen LogP contribution in [0.5, 0.6) is 0 Å². The van der Waals surface area contributed by atoms with Crippen LogP contribution >= 0.6 is 11.3 Å². The number of aromatic nitrogens is 2. The lowest BCUT2D eigenvalue weighted by molar-refractivity contribution is -0.147. The van der Waals surface area contributed by atoms with Crippen molar-refractivity contribution in [3.63, 3.8) is 0 Å². The van der Waals surface area contributed by atoms with E-state index in [-0.39, 0.29) is 24.8 Å². The van der Waals surface area contributed by atoms with Crippen molar-refractivity contribution in [3.8, 4) is 10.7 Å². The standard InChI is InChI=1S/C20H18FN3O3S/c21-15-6-4-14(5-7-15)8-10-23-18(25)12-27-19(26)11-16-13-28-20(24-16)17-3-1-2-9-22-17/h1-7,9,13H,8,10-12H2,(H,23,25). The average Bonchev–Trinajstić information content (AvgIpc) is 3.17. The summed E-state index contributed by atoms with van der Waals surface area (Å²) >= 11 is 1.39. The molecule has 0 fully saturated rings. The molecule has 1 N–H and O–H groups in total. The van der Waals surface area contributed by atoms with Gasteiger partial charge in [-0.2, -0.15) is 0 Å². The van der Waals surface area contributed by atoms with Gasteiger partial charge in [-0.25, -0.2) is 9.37 Å². The first kappa shape index (κ1) is 19.6. The first-order valence-electron chi connectivity index (χ1n) is 8.63. The van der Waals surface area contributed by atoms with Gasteiger partial charge in [0.2, 0.25) is 0 Å². The van der Waals surface area contributed by atoms with Gasteiger partial charge in [-0.3, -0.25) is 14.6 Å². The topological polar surface area (TPSA) is 81.2 Å². The van der Waals surface area contributed by atoms with E-state index in [0.717, 1.165) is 16.3 Å². The normalized spacial score (nSPS) is 10.5.